The minimum atomic E-state index is -0.915. The van der Waals surface area contributed by atoms with Gasteiger partial charge in [0.15, 0.2) is 0 Å². The molecule has 0 aliphatic carbocycles. The lowest BCUT2D eigenvalue weighted by Gasteiger charge is -2.58. The third kappa shape index (κ3) is 2.52. The van der Waals surface area contributed by atoms with Crippen LogP contribution >= 0.6 is 43.6 Å². The van der Waals surface area contributed by atoms with Gasteiger partial charge < -0.3 is 9.64 Å². The van der Waals surface area contributed by atoms with Gasteiger partial charge in [-0.05, 0) is 12.1 Å². The number of β-lactam (4-membered cyclic amide) rings is 1. The van der Waals surface area contributed by atoms with Crippen molar-refractivity contribution in [3.05, 3.63) is 35.4 Å². The topological polar surface area (TPSA) is 84.0 Å². The molecule has 2 saturated heterocycles. The van der Waals surface area contributed by atoms with Crippen LogP contribution in [0.5, 0.6) is 0 Å². The first-order valence-corrected chi connectivity index (χ1v) is 11.1. The smallest absolute Gasteiger partial charge is 0.330 e. The Balaban J connectivity index is 1.67. The van der Waals surface area contributed by atoms with Gasteiger partial charge in [-0.25, -0.2) is 4.79 Å². The van der Waals surface area contributed by atoms with Crippen molar-refractivity contribution in [2.24, 2.45) is 0 Å². The van der Waals surface area contributed by atoms with Gasteiger partial charge in [-0.15, -0.1) is 11.8 Å². The summed E-state index contributed by atoms with van der Waals surface area (Å²) in [6.07, 6.45) is 0. The Hall–Kier alpha value is -1.39. The Morgan fingerprint density at radius 2 is 1.85 bits per heavy atom. The summed E-state index contributed by atoms with van der Waals surface area (Å²) in [7, 11) is 1.27. The molecule has 3 heterocycles. The van der Waals surface area contributed by atoms with Crippen molar-refractivity contribution >= 4 is 67.3 Å². The van der Waals surface area contributed by atoms with Gasteiger partial charge in [0.1, 0.15) is 17.5 Å². The number of rotatable bonds is 3. The zero-order valence-electron chi connectivity index (χ0n) is 14.1. The lowest BCUT2D eigenvalue weighted by Crippen LogP contribution is -2.79. The van der Waals surface area contributed by atoms with Gasteiger partial charge in [0.25, 0.3) is 17.7 Å². The summed E-state index contributed by atoms with van der Waals surface area (Å²) in [5.74, 6) is -1.40. The molecular formula is C17H14Br2N2O5S. The fourth-order valence-electron chi connectivity index (χ4n) is 3.71. The second-order valence-corrected chi connectivity index (χ2v) is 9.76. The molecule has 10 heteroatoms. The van der Waals surface area contributed by atoms with E-state index in [1.807, 2.05) is 0 Å². The average Bonchev–Trinajstić information content (AvgIpc) is 2.93. The highest BCUT2D eigenvalue weighted by Crippen LogP contribution is 2.49. The highest BCUT2D eigenvalue weighted by molar-refractivity contribution is 9.12. The number of carbonyl (C=O) groups excluding carboxylic acids is 4. The molecule has 27 heavy (non-hydrogen) atoms. The van der Waals surface area contributed by atoms with Crippen LogP contribution in [-0.4, -0.2) is 73.5 Å². The molecule has 4 rings (SSSR count). The lowest BCUT2D eigenvalue weighted by atomic mass is 9.93. The minimum absolute atomic E-state index is 0.300. The van der Waals surface area contributed by atoms with Crippen LogP contribution in [0, 0.1) is 0 Å². The van der Waals surface area contributed by atoms with E-state index in [1.54, 1.807) is 24.3 Å². The number of benzene rings is 1. The molecule has 3 aliphatic rings. The Labute approximate surface area is 176 Å². The fourth-order valence-corrected chi connectivity index (χ4v) is 6.80. The summed E-state index contributed by atoms with van der Waals surface area (Å²) in [6, 6.07) is 4.76. The molecule has 0 aromatic heterocycles. The first kappa shape index (κ1) is 18.9. The normalized spacial score (nSPS) is 32.1. The number of amides is 3. The van der Waals surface area contributed by atoms with E-state index in [2.05, 4.69) is 31.9 Å². The molecule has 0 saturated carbocycles. The van der Waals surface area contributed by atoms with Gasteiger partial charge in [-0.1, -0.05) is 44.0 Å². The molecule has 7 nitrogen and oxygen atoms in total. The number of esters is 1. The monoisotopic (exact) mass is 516 g/mol. The summed E-state index contributed by atoms with van der Waals surface area (Å²) in [5.41, 5.74) is 0.601. The predicted octanol–water partition coefficient (Wildman–Crippen LogP) is 1.64. The van der Waals surface area contributed by atoms with E-state index < -0.39 is 45.5 Å². The van der Waals surface area contributed by atoms with Crippen LogP contribution in [0.15, 0.2) is 24.3 Å². The number of carbonyl (C=O) groups is 4. The van der Waals surface area contributed by atoms with Crippen molar-refractivity contribution in [3.8, 4) is 0 Å². The lowest BCUT2D eigenvalue weighted by molar-refractivity contribution is -0.167. The maximum absolute atomic E-state index is 13.0. The highest BCUT2D eigenvalue weighted by atomic mass is 79.9. The third-order valence-electron chi connectivity index (χ3n) is 5.06. The molecule has 0 radical (unpaired) electrons. The van der Waals surface area contributed by atoms with Crippen molar-refractivity contribution in [1.29, 1.82) is 0 Å². The Morgan fingerprint density at radius 3 is 2.37 bits per heavy atom. The molecule has 3 aliphatic heterocycles. The van der Waals surface area contributed by atoms with E-state index in [1.165, 1.54) is 23.8 Å². The van der Waals surface area contributed by atoms with E-state index >= 15 is 0 Å². The maximum Gasteiger partial charge on any atom is 0.330 e. The second-order valence-electron chi connectivity index (χ2n) is 6.51. The quantitative estimate of drug-likeness (QED) is 0.262. The van der Waals surface area contributed by atoms with Crippen LogP contribution in [0.2, 0.25) is 0 Å². The fraction of sp³-hybridized carbons (Fsp3) is 0.412. The number of fused-ring (bicyclic) bond motifs is 2. The molecule has 1 aromatic carbocycles. The van der Waals surface area contributed by atoms with Gasteiger partial charge >= 0.3 is 5.97 Å². The summed E-state index contributed by atoms with van der Waals surface area (Å²) in [4.78, 5) is 53.3. The number of imide groups is 1. The van der Waals surface area contributed by atoms with Crippen LogP contribution < -0.4 is 0 Å². The predicted molar refractivity (Wildman–Crippen MR) is 105 cm³/mol. The zero-order chi connectivity index (χ0) is 19.5. The maximum atomic E-state index is 13.0. The van der Waals surface area contributed by atoms with E-state index in [0.29, 0.717) is 22.2 Å². The largest absolute Gasteiger partial charge is 0.467 e. The number of thioether (sulfide) groups is 1. The first-order valence-electron chi connectivity index (χ1n) is 8.09. The summed E-state index contributed by atoms with van der Waals surface area (Å²) in [5, 5.41) is -0.0467. The third-order valence-corrected chi connectivity index (χ3v) is 9.69. The zero-order valence-corrected chi connectivity index (χ0v) is 18.0. The van der Waals surface area contributed by atoms with Crippen LogP contribution in [-0.2, 0) is 14.3 Å². The van der Waals surface area contributed by atoms with Gasteiger partial charge in [0, 0.05) is 11.1 Å². The van der Waals surface area contributed by atoms with Gasteiger partial charge in [0.05, 0.1) is 22.6 Å². The number of hydrogen-bond donors (Lipinski definition) is 0. The first-order chi connectivity index (χ1) is 12.9. The standard InChI is InChI=1S/C17H14Br2N2O5S/c1-26-16(25)11-17(19,6-18)7-27-15-10(14(24)21(11)15)20-12(22)8-4-2-3-5-9(8)13(20)23/h2-5,10-11,15H,6-7H2,1H3/t10-,11+,15-,17-/m1/s1. The van der Waals surface area contributed by atoms with Crippen molar-refractivity contribution < 1.29 is 23.9 Å². The molecule has 2 fully saturated rings. The van der Waals surface area contributed by atoms with E-state index in [4.69, 9.17) is 4.74 Å². The van der Waals surface area contributed by atoms with E-state index in [0.717, 1.165) is 4.90 Å². The second kappa shape index (κ2) is 6.59. The van der Waals surface area contributed by atoms with Crippen LogP contribution in [0.3, 0.4) is 0 Å². The van der Waals surface area contributed by atoms with Gasteiger partial charge in [-0.2, -0.15) is 0 Å². The van der Waals surface area contributed by atoms with E-state index in [9.17, 15) is 19.2 Å². The molecule has 3 amide bonds. The van der Waals surface area contributed by atoms with Crippen molar-refractivity contribution in [2.75, 3.05) is 18.2 Å². The Kier molecular flexibility index (Phi) is 4.63. The number of ether oxygens (including phenoxy) is 1. The molecule has 0 spiro atoms. The number of hydrogen-bond acceptors (Lipinski definition) is 6. The molecule has 142 valence electrons. The summed E-state index contributed by atoms with van der Waals surface area (Å²) in [6.45, 7) is 0. The number of nitrogens with zero attached hydrogens (tertiary/aromatic N) is 2. The van der Waals surface area contributed by atoms with E-state index in [-0.39, 0.29) is 0 Å². The molecule has 0 unspecified atom stereocenters. The number of alkyl halides is 2. The molecular weight excluding hydrogens is 504 g/mol. The molecule has 0 bridgehead atoms. The average molecular weight is 518 g/mol. The SMILES string of the molecule is COC(=O)[C@@H]1N2C(=O)[C@@H](N3C(=O)c4ccccc4C3=O)[C@H]2SC[C@]1(Br)CBr. The van der Waals surface area contributed by atoms with Gasteiger partial charge in [-0.3, -0.25) is 19.3 Å². The Bertz CT molecular complexity index is 846. The van der Waals surface area contributed by atoms with Crippen molar-refractivity contribution in [1.82, 2.24) is 9.80 Å². The van der Waals surface area contributed by atoms with Crippen LogP contribution in [0.25, 0.3) is 0 Å². The van der Waals surface area contributed by atoms with Crippen molar-refractivity contribution in [2.45, 2.75) is 21.8 Å². The minimum Gasteiger partial charge on any atom is -0.467 e. The Morgan fingerprint density at radius 1 is 1.26 bits per heavy atom. The summed E-state index contributed by atoms with van der Waals surface area (Å²) < 4.78 is 4.21. The van der Waals surface area contributed by atoms with Crippen LogP contribution in [0.4, 0.5) is 0 Å². The molecule has 0 N–H and O–H groups in total. The van der Waals surface area contributed by atoms with Gasteiger partial charge in [0.2, 0.25) is 0 Å². The molecule has 1 aromatic rings. The summed E-state index contributed by atoms with van der Waals surface area (Å²) >= 11 is 8.40. The van der Waals surface area contributed by atoms with Crippen LogP contribution in [0.1, 0.15) is 20.7 Å². The molecule has 4 atom stereocenters. The number of methoxy groups -OCH3 is 1. The van der Waals surface area contributed by atoms with Crippen molar-refractivity contribution in [3.63, 3.8) is 0 Å². The number of halogens is 2. The highest BCUT2D eigenvalue weighted by Gasteiger charge is 2.65.